The molecule has 3 saturated heterocycles. The summed E-state index contributed by atoms with van der Waals surface area (Å²) in [5.74, 6) is 0.550. The number of likely N-dealkylation sites (tertiary alicyclic amines) is 2. The van der Waals surface area contributed by atoms with Gasteiger partial charge in [0, 0.05) is 32.7 Å². The molecule has 3 fully saturated rings. The largest absolute Gasteiger partial charge is 0.340 e. The van der Waals surface area contributed by atoms with E-state index in [0.29, 0.717) is 38.3 Å². The number of urea groups is 1. The highest BCUT2D eigenvalue weighted by Crippen LogP contribution is 2.32. The van der Waals surface area contributed by atoms with Crippen LogP contribution >= 0.6 is 0 Å². The predicted octanol–water partition coefficient (Wildman–Crippen LogP) is 2.57. The molecule has 174 valence electrons. The van der Waals surface area contributed by atoms with Crippen LogP contribution in [0.25, 0.3) is 0 Å². The van der Waals surface area contributed by atoms with Gasteiger partial charge in [0.05, 0.1) is 12.5 Å². The van der Waals surface area contributed by atoms with Crippen molar-refractivity contribution in [3.05, 3.63) is 35.4 Å². The third-order valence-electron chi connectivity index (χ3n) is 7.08. The van der Waals surface area contributed by atoms with Crippen LogP contribution in [0.3, 0.4) is 0 Å². The number of amides is 4. The second-order valence-corrected chi connectivity index (χ2v) is 10.2. The Morgan fingerprint density at radius 2 is 1.94 bits per heavy atom. The van der Waals surface area contributed by atoms with Crippen molar-refractivity contribution in [2.45, 2.75) is 64.5 Å². The summed E-state index contributed by atoms with van der Waals surface area (Å²) in [6, 6.07) is 7.46. The number of nitrogens with one attached hydrogen (secondary N) is 1. The van der Waals surface area contributed by atoms with E-state index in [9.17, 15) is 14.4 Å². The van der Waals surface area contributed by atoms with Gasteiger partial charge in [-0.1, -0.05) is 43.7 Å². The summed E-state index contributed by atoms with van der Waals surface area (Å²) in [6.45, 7) is 10.2. The molecule has 0 saturated carbocycles. The van der Waals surface area contributed by atoms with Crippen molar-refractivity contribution < 1.29 is 14.4 Å². The second kappa shape index (κ2) is 9.22. The van der Waals surface area contributed by atoms with E-state index in [1.54, 1.807) is 0 Å². The Kier molecular flexibility index (Phi) is 6.56. The summed E-state index contributed by atoms with van der Waals surface area (Å²) in [4.78, 5) is 44.9. The van der Waals surface area contributed by atoms with Gasteiger partial charge in [0.25, 0.3) is 5.91 Å². The van der Waals surface area contributed by atoms with Crippen molar-refractivity contribution >= 4 is 17.8 Å². The van der Waals surface area contributed by atoms with Crippen molar-refractivity contribution in [3.63, 3.8) is 0 Å². The Labute approximate surface area is 191 Å². The van der Waals surface area contributed by atoms with Crippen molar-refractivity contribution in [3.8, 4) is 0 Å². The van der Waals surface area contributed by atoms with Gasteiger partial charge in [-0.05, 0) is 44.1 Å². The molecule has 0 unspecified atom stereocenters. The Hall–Kier alpha value is -2.41. The van der Waals surface area contributed by atoms with Gasteiger partial charge in [-0.25, -0.2) is 4.79 Å². The molecule has 4 rings (SSSR count). The SMILES string of the molecule is Cc1cccc(CC(=O)N2CCC[C@H](N3C(=O)NC4(CCN(CC(C)C)CC4)C3=O)C2)c1. The van der Waals surface area contributed by atoms with E-state index in [0.717, 1.165) is 43.6 Å². The normalized spacial score (nSPS) is 23.8. The monoisotopic (exact) mass is 440 g/mol. The molecular weight excluding hydrogens is 404 g/mol. The van der Waals surface area contributed by atoms with Crippen molar-refractivity contribution in [2.24, 2.45) is 5.92 Å². The van der Waals surface area contributed by atoms with Gasteiger partial charge >= 0.3 is 6.03 Å². The number of aryl methyl sites for hydroxylation is 1. The minimum Gasteiger partial charge on any atom is -0.340 e. The maximum absolute atomic E-state index is 13.4. The van der Waals surface area contributed by atoms with Crippen molar-refractivity contribution in [2.75, 3.05) is 32.7 Å². The Bertz CT molecular complexity index is 876. The van der Waals surface area contributed by atoms with Crippen LogP contribution in [-0.4, -0.2) is 76.8 Å². The van der Waals surface area contributed by atoms with Gasteiger partial charge in [-0.3, -0.25) is 14.5 Å². The highest BCUT2D eigenvalue weighted by atomic mass is 16.2. The van der Waals surface area contributed by atoms with Gasteiger partial charge in [0.2, 0.25) is 5.91 Å². The summed E-state index contributed by atoms with van der Waals surface area (Å²) in [7, 11) is 0. The molecule has 1 aromatic carbocycles. The fourth-order valence-electron chi connectivity index (χ4n) is 5.45. The molecule has 3 aliphatic rings. The van der Waals surface area contributed by atoms with Gasteiger partial charge < -0.3 is 15.1 Å². The number of carbonyl (C=O) groups is 3. The summed E-state index contributed by atoms with van der Waals surface area (Å²) >= 11 is 0. The second-order valence-electron chi connectivity index (χ2n) is 10.2. The average molecular weight is 441 g/mol. The lowest BCUT2D eigenvalue weighted by Gasteiger charge is -2.39. The number of nitrogens with zero attached hydrogens (tertiary/aromatic N) is 3. The molecule has 32 heavy (non-hydrogen) atoms. The molecule has 1 N–H and O–H groups in total. The van der Waals surface area contributed by atoms with E-state index < -0.39 is 5.54 Å². The molecule has 1 spiro atoms. The van der Waals surface area contributed by atoms with Gasteiger partial charge in [-0.2, -0.15) is 0 Å². The predicted molar refractivity (Wildman–Crippen MR) is 123 cm³/mol. The smallest absolute Gasteiger partial charge is 0.325 e. The van der Waals surface area contributed by atoms with Crippen LogP contribution in [0.5, 0.6) is 0 Å². The van der Waals surface area contributed by atoms with Crippen LogP contribution in [0.1, 0.15) is 50.7 Å². The number of hydrogen-bond acceptors (Lipinski definition) is 4. The molecule has 0 aliphatic carbocycles. The van der Waals surface area contributed by atoms with Crippen LogP contribution in [-0.2, 0) is 16.0 Å². The minimum absolute atomic E-state index is 0.0593. The lowest BCUT2D eigenvalue weighted by molar-refractivity contribution is -0.139. The molecule has 7 nitrogen and oxygen atoms in total. The number of hydrogen-bond donors (Lipinski definition) is 1. The number of imide groups is 1. The zero-order valence-electron chi connectivity index (χ0n) is 19.6. The maximum Gasteiger partial charge on any atom is 0.325 e. The highest BCUT2D eigenvalue weighted by molar-refractivity contribution is 6.07. The summed E-state index contributed by atoms with van der Waals surface area (Å²) < 4.78 is 0. The minimum atomic E-state index is -0.765. The van der Waals surface area contributed by atoms with Gasteiger partial charge in [0.1, 0.15) is 5.54 Å². The first-order chi connectivity index (χ1) is 15.3. The first-order valence-corrected chi connectivity index (χ1v) is 12.0. The quantitative estimate of drug-likeness (QED) is 0.715. The summed E-state index contributed by atoms with van der Waals surface area (Å²) in [5.41, 5.74) is 1.37. The van der Waals surface area contributed by atoms with Crippen LogP contribution < -0.4 is 5.32 Å². The molecular formula is C25H36N4O3. The molecule has 1 atom stereocenters. The number of benzene rings is 1. The summed E-state index contributed by atoms with van der Waals surface area (Å²) in [5, 5.41) is 3.04. The van der Waals surface area contributed by atoms with E-state index in [1.165, 1.54) is 4.90 Å². The zero-order valence-corrected chi connectivity index (χ0v) is 19.6. The van der Waals surface area contributed by atoms with E-state index in [-0.39, 0.29) is 23.9 Å². The number of carbonyl (C=O) groups excluding carboxylic acids is 3. The van der Waals surface area contributed by atoms with Crippen LogP contribution in [0.4, 0.5) is 4.79 Å². The van der Waals surface area contributed by atoms with E-state index in [2.05, 4.69) is 24.1 Å². The highest BCUT2D eigenvalue weighted by Gasteiger charge is 2.54. The van der Waals surface area contributed by atoms with Gasteiger partial charge in [0.15, 0.2) is 0 Å². The van der Waals surface area contributed by atoms with Crippen LogP contribution in [0, 0.1) is 12.8 Å². The first-order valence-electron chi connectivity index (χ1n) is 12.0. The Morgan fingerprint density at radius 1 is 1.19 bits per heavy atom. The fraction of sp³-hybridized carbons (Fsp3) is 0.640. The van der Waals surface area contributed by atoms with Crippen molar-refractivity contribution in [1.29, 1.82) is 0 Å². The Morgan fingerprint density at radius 3 is 2.62 bits per heavy atom. The molecule has 0 bridgehead atoms. The number of piperidine rings is 2. The topological polar surface area (TPSA) is 73.0 Å². The fourth-order valence-corrected chi connectivity index (χ4v) is 5.45. The standard InChI is InChI=1S/C25H36N4O3/c1-18(2)16-27-12-9-25(10-13-27)23(31)29(24(32)26-25)21-8-5-11-28(17-21)22(30)15-20-7-4-6-19(3)14-20/h4,6-7,14,18,21H,5,8-13,15-17H2,1-3H3,(H,26,32)/t21-/m0/s1. The lowest BCUT2D eigenvalue weighted by atomic mass is 9.86. The first kappa shape index (κ1) is 22.8. The lowest BCUT2D eigenvalue weighted by Crippen LogP contribution is -2.56. The average Bonchev–Trinajstić information content (AvgIpc) is 2.99. The molecule has 0 aromatic heterocycles. The Balaban J connectivity index is 1.39. The van der Waals surface area contributed by atoms with E-state index >= 15 is 0 Å². The van der Waals surface area contributed by atoms with Crippen LogP contribution in [0.15, 0.2) is 24.3 Å². The van der Waals surface area contributed by atoms with E-state index in [1.807, 2.05) is 36.1 Å². The zero-order chi connectivity index (χ0) is 22.9. The summed E-state index contributed by atoms with van der Waals surface area (Å²) in [6.07, 6.45) is 3.22. The maximum atomic E-state index is 13.4. The molecule has 3 heterocycles. The number of rotatable bonds is 5. The third-order valence-corrected chi connectivity index (χ3v) is 7.08. The van der Waals surface area contributed by atoms with Crippen molar-refractivity contribution in [1.82, 2.24) is 20.0 Å². The molecule has 3 aliphatic heterocycles. The van der Waals surface area contributed by atoms with Gasteiger partial charge in [-0.15, -0.1) is 0 Å². The molecule has 1 aromatic rings. The molecule has 0 radical (unpaired) electrons. The van der Waals surface area contributed by atoms with Crippen LogP contribution in [0.2, 0.25) is 0 Å². The molecule has 4 amide bonds. The molecule has 7 heteroatoms. The third kappa shape index (κ3) is 4.68. The van der Waals surface area contributed by atoms with E-state index in [4.69, 9.17) is 0 Å².